The molecule has 7 heteroatoms. The first kappa shape index (κ1) is 21.4. The van der Waals surface area contributed by atoms with Crippen LogP contribution in [0.2, 0.25) is 0 Å². The number of aryl methyl sites for hydroxylation is 1. The number of benzene rings is 1. The van der Waals surface area contributed by atoms with Gasteiger partial charge >= 0.3 is 0 Å². The van der Waals surface area contributed by atoms with Crippen LogP contribution in [0.5, 0.6) is 5.75 Å². The van der Waals surface area contributed by atoms with Crippen molar-refractivity contribution in [1.29, 1.82) is 0 Å². The highest BCUT2D eigenvalue weighted by molar-refractivity contribution is 7.13. The van der Waals surface area contributed by atoms with Gasteiger partial charge in [0, 0.05) is 44.5 Å². The minimum absolute atomic E-state index is 0.728. The van der Waals surface area contributed by atoms with Crippen molar-refractivity contribution in [2.24, 2.45) is 4.99 Å². The fourth-order valence-corrected chi connectivity index (χ4v) is 4.42. The van der Waals surface area contributed by atoms with Gasteiger partial charge in [-0.25, -0.2) is 4.98 Å². The Hall–Kier alpha value is -2.28. The summed E-state index contributed by atoms with van der Waals surface area (Å²) in [4.78, 5) is 11.9. The molecule has 6 nitrogen and oxygen atoms in total. The van der Waals surface area contributed by atoms with E-state index in [-0.39, 0.29) is 0 Å². The van der Waals surface area contributed by atoms with Crippen LogP contribution in [-0.4, -0.2) is 50.8 Å². The molecule has 0 spiro atoms. The van der Waals surface area contributed by atoms with E-state index >= 15 is 0 Å². The Labute approximate surface area is 178 Å². The lowest BCUT2D eigenvalue weighted by Crippen LogP contribution is -2.38. The summed E-state index contributed by atoms with van der Waals surface area (Å²) in [5.74, 6) is 1.80. The molecular weight excluding hydrogens is 382 g/mol. The zero-order valence-electron chi connectivity index (χ0n) is 17.8. The van der Waals surface area contributed by atoms with Crippen molar-refractivity contribution in [3.05, 3.63) is 40.4 Å². The highest BCUT2D eigenvalue weighted by atomic mass is 32.1. The monoisotopic (exact) mass is 415 g/mol. The number of nitrogens with zero attached hydrogens (tertiary/aromatic N) is 3. The lowest BCUT2D eigenvalue weighted by molar-refractivity contribution is 0.409. The molecular formula is C22H33N5OS. The Morgan fingerprint density at radius 3 is 2.83 bits per heavy atom. The van der Waals surface area contributed by atoms with Crippen LogP contribution in [-0.2, 0) is 12.8 Å². The predicted octanol–water partition coefficient (Wildman–Crippen LogP) is 3.40. The van der Waals surface area contributed by atoms with E-state index in [1.54, 1.807) is 18.4 Å². The van der Waals surface area contributed by atoms with Crippen molar-refractivity contribution in [3.63, 3.8) is 0 Å². The van der Waals surface area contributed by atoms with Crippen LogP contribution in [0.4, 0.5) is 5.13 Å². The third-order valence-electron chi connectivity index (χ3n) is 5.02. The molecule has 1 aliphatic rings. The Kier molecular flexibility index (Phi) is 8.16. The Morgan fingerprint density at radius 1 is 1.24 bits per heavy atom. The third-order valence-corrected chi connectivity index (χ3v) is 5.97. The number of rotatable bonds is 9. The van der Waals surface area contributed by atoms with Crippen molar-refractivity contribution >= 4 is 22.4 Å². The largest absolute Gasteiger partial charge is 0.496 e. The van der Waals surface area contributed by atoms with Crippen LogP contribution < -0.4 is 20.3 Å². The van der Waals surface area contributed by atoms with Gasteiger partial charge in [-0.1, -0.05) is 17.7 Å². The van der Waals surface area contributed by atoms with Crippen molar-refractivity contribution in [3.8, 4) is 5.75 Å². The molecule has 1 saturated heterocycles. The average Bonchev–Trinajstić information content (AvgIpc) is 3.40. The molecule has 158 valence electrons. The topological polar surface area (TPSA) is 61.8 Å². The summed E-state index contributed by atoms with van der Waals surface area (Å²) in [5, 5.41) is 10.1. The molecule has 2 N–H and O–H groups in total. The molecule has 2 heterocycles. The van der Waals surface area contributed by atoms with Gasteiger partial charge in [0.2, 0.25) is 0 Å². The fourth-order valence-electron chi connectivity index (χ4n) is 3.51. The second kappa shape index (κ2) is 11.0. The van der Waals surface area contributed by atoms with Crippen LogP contribution in [0, 0.1) is 6.92 Å². The Morgan fingerprint density at radius 2 is 2.07 bits per heavy atom. The molecule has 0 unspecified atom stereocenters. The zero-order chi connectivity index (χ0) is 20.5. The standard InChI is InChI=1S/C22H33N5OS/c1-4-23-21(24-11-9-18-15-17(2)7-8-20(18)28-3)25-12-10-19-16-29-22(26-19)27-13-5-6-14-27/h7-8,15-16H,4-6,9-14H2,1-3H3,(H2,23,24,25). The molecule has 3 rings (SSSR count). The van der Waals surface area contributed by atoms with Crippen molar-refractivity contribution in [1.82, 2.24) is 15.6 Å². The van der Waals surface area contributed by atoms with Gasteiger partial charge in [-0.15, -0.1) is 11.3 Å². The SMILES string of the molecule is CCNC(=NCCc1csc(N2CCCC2)n1)NCCc1cc(C)ccc1OC. The molecule has 29 heavy (non-hydrogen) atoms. The number of hydrogen-bond donors (Lipinski definition) is 2. The average molecular weight is 416 g/mol. The van der Waals surface area contributed by atoms with Gasteiger partial charge in [0.1, 0.15) is 5.75 Å². The smallest absolute Gasteiger partial charge is 0.191 e. The molecule has 0 atom stereocenters. The quantitative estimate of drug-likeness (QED) is 0.486. The second-order valence-electron chi connectivity index (χ2n) is 7.32. The summed E-state index contributed by atoms with van der Waals surface area (Å²) in [6.45, 7) is 8.86. The number of nitrogens with one attached hydrogen (secondary N) is 2. The van der Waals surface area contributed by atoms with Gasteiger partial charge < -0.3 is 20.3 Å². The number of methoxy groups -OCH3 is 1. The molecule has 1 aromatic heterocycles. The zero-order valence-corrected chi connectivity index (χ0v) is 18.6. The fraction of sp³-hybridized carbons (Fsp3) is 0.545. The molecule has 0 amide bonds. The van der Waals surface area contributed by atoms with Gasteiger partial charge in [0.05, 0.1) is 12.8 Å². The molecule has 0 radical (unpaired) electrons. The number of hydrogen-bond acceptors (Lipinski definition) is 5. The number of ether oxygens (including phenoxy) is 1. The molecule has 0 aliphatic carbocycles. The summed E-state index contributed by atoms with van der Waals surface area (Å²) >= 11 is 1.76. The lowest BCUT2D eigenvalue weighted by Gasteiger charge is -2.13. The minimum atomic E-state index is 0.728. The van der Waals surface area contributed by atoms with E-state index in [0.29, 0.717) is 0 Å². The highest BCUT2D eigenvalue weighted by Crippen LogP contribution is 2.24. The summed E-state index contributed by atoms with van der Waals surface area (Å²) in [6.07, 6.45) is 4.32. The lowest BCUT2D eigenvalue weighted by atomic mass is 10.1. The normalized spacial score (nSPS) is 14.3. The second-order valence-corrected chi connectivity index (χ2v) is 8.15. The minimum Gasteiger partial charge on any atom is -0.496 e. The maximum Gasteiger partial charge on any atom is 0.191 e. The van der Waals surface area contributed by atoms with E-state index in [0.717, 1.165) is 63.0 Å². The van der Waals surface area contributed by atoms with Gasteiger partial charge in [0.15, 0.2) is 11.1 Å². The first-order chi connectivity index (χ1) is 14.2. The summed E-state index contributed by atoms with van der Waals surface area (Å²) in [6, 6.07) is 6.30. The van der Waals surface area contributed by atoms with Crippen LogP contribution in [0.25, 0.3) is 0 Å². The number of anilines is 1. The van der Waals surface area contributed by atoms with E-state index in [4.69, 9.17) is 14.7 Å². The van der Waals surface area contributed by atoms with Crippen molar-refractivity contribution < 1.29 is 4.74 Å². The van der Waals surface area contributed by atoms with E-state index in [1.807, 2.05) is 6.07 Å². The van der Waals surface area contributed by atoms with E-state index in [9.17, 15) is 0 Å². The van der Waals surface area contributed by atoms with E-state index in [2.05, 4.69) is 46.9 Å². The first-order valence-corrected chi connectivity index (χ1v) is 11.4. The summed E-state index contributed by atoms with van der Waals surface area (Å²) < 4.78 is 5.48. The van der Waals surface area contributed by atoms with Crippen LogP contribution in [0.3, 0.4) is 0 Å². The third kappa shape index (κ3) is 6.35. The summed E-state index contributed by atoms with van der Waals surface area (Å²) in [7, 11) is 1.72. The Balaban J connectivity index is 1.49. The van der Waals surface area contributed by atoms with Crippen molar-refractivity contribution in [2.45, 2.75) is 39.5 Å². The van der Waals surface area contributed by atoms with Crippen molar-refractivity contribution in [2.75, 3.05) is 44.7 Å². The van der Waals surface area contributed by atoms with Gasteiger partial charge in [-0.2, -0.15) is 0 Å². The number of aromatic nitrogens is 1. The van der Waals surface area contributed by atoms with Crippen LogP contribution >= 0.6 is 11.3 Å². The van der Waals surface area contributed by atoms with Gasteiger partial charge in [0.25, 0.3) is 0 Å². The predicted molar refractivity (Wildman–Crippen MR) is 123 cm³/mol. The van der Waals surface area contributed by atoms with E-state index in [1.165, 1.54) is 29.1 Å². The van der Waals surface area contributed by atoms with Gasteiger partial charge in [-0.3, -0.25) is 4.99 Å². The Bertz CT molecular complexity index is 798. The first-order valence-electron chi connectivity index (χ1n) is 10.5. The molecule has 0 saturated carbocycles. The number of aliphatic imine (C=N–C) groups is 1. The molecule has 0 bridgehead atoms. The van der Waals surface area contributed by atoms with E-state index < -0.39 is 0 Å². The maximum atomic E-state index is 5.48. The van der Waals surface area contributed by atoms with Gasteiger partial charge in [-0.05, 0) is 44.7 Å². The summed E-state index contributed by atoms with van der Waals surface area (Å²) in [5.41, 5.74) is 3.60. The maximum absolute atomic E-state index is 5.48. The van der Waals surface area contributed by atoms with Crippen LogP contribution in [0.15, 0.2) is 28.6 Å². The number of thiazole rings is 1. The van der Waals surface area contributed by atoms with Crippen LogP contribution in [0.1, 0.15) is 36.6 Å². The molecule has 1 fully saturated rings. The molecule has 2 aromatic rings. The number of guanidine groups is 1. The molecule has 1 aromatic carbocycles. The molecule has 1 aliphatic heterocycles. The highest BCUT2D eigenvalue weighted by Gasteiger charge is 2.15.